The molecule has 1 fully saturated rings. The van der Waals surface area contributed by atoms with E-state index in [0.717, 1.165) is 36.7 Å². The van der Waals surface area contributed by atoms with Gasteiger partial charge < -0.3 is 10.3 Å². The van der Waals surface area contributed by atoms with Gasteiger partial charge in [0.25, 0.3) is 5.91 Å². The normalized spacial score (nSPS) is 15.3. The van der Waals surface area contributed by atoms with Gasteiger partial charge in [0.1, 0.15) is 5.82 Å². The highest BCUT2D eigenvalue weighted by atomic mass is 32.2. The Morgan fingerprint density at radius 2 is 1.76 bits per heavy atom. The maximum absolute atomic E-state index is 13.2. The molecular weight excluding hydrogens is 452 g/mol. The number of nitrogens with zero attached hydrogens (tertiary/aromatic N) is 4. The molecule has 9 nitrogen and oxygen atoms in total. The standard InChI is InChI=1S/C24H26N6O3S/c1-17-15-22(30(28-17)24-25-20-11-4-5-12-21(20)26-24)27-23(31)18-9-8-10-19(16-18)34(32,33)29-13-6-2-3-7-14-29/h4-5,8-12,15-16H,2-3,6-7,13-14H2,1H3,(H,25,26)(H,27,31). The third kappa shape index (κ3) is 4.34. The van der Waals surface area contributed by atoms with Gasteiger partial charge in [-0.1, -0.05) is 31.0 Å². The number of amides is 1. The van der Waals surface area contributed by atoms with Gasteiger partial charge >= 0.3 is 0 Å². The van der Waals surface area contributed by atoms with Gasteiger partial charge in [0.15, 0.2) is 0 Å². The van der Waals surface area contributed by atoms with E-state index in [0.29, 0.717) is 30.5 Å². The van der Waals surface area contributed by atoms with Crippen LogP contribution >= 0.6 is 0 Å². The Hall–Kier alpha value is -3.50. The Bertz CT molecular complexity index is 1420. The minimum Gasteiger partial charge on any atom is -0.322 e. The molecule has 1 amide bonds. The third-order valence-corrected chi connectivity index (χ3v) is 7.84. The first-order valence-electron chi connectivity index (χ1n) is 11.4. The predicted octanol–water partition coefficient (Wildman–Crippen LogP) is 3.87. The fourth-order valence-corrected chi connectivity index (χ4v) is 5.77. The number of hydrogen-bond donors (Lipinski definition) is 2. The van der Waals surface area contributed by atoms with Crippen molar-refractivity contribution in [2.45, 2.75) is 37.5 Å². The quantitative estimate of drug-likeness (QED) is 0.452. The Morgan fingerprint density at radius 3 is 2.53 bits per heavy atom. The number of fused-ring (bicyclic) bond motifs is 1. The van der Waals surface area contributed by atoms with Gasteiger partial charge in [0.2, 0.25) is 16.0 Å². The van der Waals surface area contributed by atoms with Crippen LogP contribution in [-0.4, -0.2) is 51.5 Å². The second-order valence-corrected chi connectivity index (χ2v) is 10.4. The minimum absolute atomic E-state index is 0.129. The average molecular weight is 479 g/mol. The second kappa shape index (κ2) is 9.03. The number of H-pyrrole nitrogens is 1. The highest BCUT2D eigenvalue weighted by Crippen LogP contribution is 2.23. The number of carbonyl (C=O) groups is 1. The van der Waals surface area contributed by atoms with Crippen LogP contribution in [0.1, 0.15) is 41.7 Å². The average Bonchev–Trinajstić information content (AvgIpc) is 3.30. The molecule has 3 heterocycles. The Balaban J connectivity index is 1.41. The van der Waals surface area contributed by atoms with E-state index in [4.69, 9.17) is 0 Å². The lowest BCUT2D eigenvalue weighted by Gasteiger charge is -2.20. The molecule has 2 aromatic carbocycles. The molecule has 1 saturated heterocycles. The van der Waals surface area contributed by atoms with Gasteiger partial charge in [-0.25, -0.2) is 13.4 Å². The van der Waals surface area contributed by atoms with E-state index in [1.807, 2.05) is 31.2 Å². The maximum Gasteiger partial charge on any atom is 0.256 e. The van der Waals surface area contributed by atoms with Crippen LogP contribution in [-0.2, 0) is 10.0 Å². The summed E-state index contributed by atoms with van der Waals surface area (Å²) in [4.78, 5) is 21.0. The summed E-state index contributed by atoms with van der Waals surface area (Å²) < 4.78 is 29.4. The summed E-state index contributed by atoms with van der Waals surface area (Å²) in [5.41, 5.74) is 2.60. The molecule has 5 rings (SSSR count). The lowest BCUT2D eigenvalue weighted by atomic mass is 10.2. The number of nitrogens with one attached hydrogen (secondary N) is 2. The van der Waals surface area contributed by atoms with Crippen molar-refractivity contribution < 1.29 is 13.2 Å². The molecule has 0 atom stereocenters. The molecule has 0 radical (unpaired) electrons. The molecule has 0 aliphatic carbocycles. The van der Waals surface area contributed by atoms with Crippen LogP contribution in [0.15, 0.2) is 59.5 Å². The van der Waals surface area contributed by atoms with E-state index in [-0.39, 0.29) is 10.5 Å². The highest BCUT2D eigenvalue weighted by molar-refractivity contribution is 7.89. The zero-order chi connectivity index (χ0) is 23.7. The molecule has 1 aliphatic rings. The fourth-order valence-electron chi connectivity index (χ4n) is 4.21. The van der Waals surface area contributed by atoms with E-state index in [1.165, 1.54) is 15.1 Å². The van der Waals surface area contributed by atoms with Gasteiger partial charge in [-0.3, -0.25) is 4.79 Å². The molecule has 0 unspecified atom stereocenters. The van der Waals surface area contributed by atoms with Crippen LogP contribution in [0.2, 0.25) is 0 Å². The molecule has 0 saturated carbocycles. The number of carbonyl (C=O) groups excluding carboxylic acids is 1. The van der Waals surface area contributed by atoms with Gasteiger partial charge in [-0.15, -0.1) is 0 Å². The molecule has 2 aromatic heterocycles. The SMILES string of the molecule is Cc1cc(NC(=O)c2cccc(S(=O)(=O)N3CCCCCC3)c2)n(-c2nc3ccccc3[nH]2)n1. The van der Waals surface area contributed by atoms with E-state index in [9.17, 15) is 13.2 Å². The summed E-state index contributed by atoms with van der Waals surface area (Å²) in [6, 6.07) is 15.5. The summed E-state index contributed by atoms with van der Waals surface area (Å²) in [5.74, 6) is 0.481. The van der Waals surface area contributed by atoms with Crippen molar-refractivity contribution in [1.29, 1.82) is 0 Å². The minimum atomic E-state index is -3.66. The molecule has 2 N–H and O–H groups in total. The number of aromatic amines is 1. The Morgan fingerprint density at radius 1 is 1.00 bits per heavy atom. The Kier molecular flexibility index (Phi) is 5.93. The van der Waals surface area contributed by atoms with Crippen LogP contribution in [0.5, 0.6) is 0 Å². The predicted molar refractivity (Wildman–Crippen MR) is 130 cm³/mol. The number of anilines is 1. The number of benzene rings is 2. The number of sulfonamides is 1. The topological polar surface area (TPSA) is 113 Å². The van der Waals surface area contributed by atoms with E-state index < -0.39 is 15.9 Å². The monoisotopic (exact) mass is 478 g/mol. The summed E-state index contributed by atoms with van der Waals surface area (Å²) in [7, 11) is -3.66. The molecule has 34 heavy (non-hydrogen) atoms. The number of aryl methyl sites for hydroxylation is 1. The van der Waals surface area contributed by atoms with Gasteiger partial charge in [0.05, 0.1) is 21.6 Å². The van der Waals surface area contributed by atoms with Crippen LogP contribution in [0.3, 0.4) is 0 Å². The zero-order valence-electron chi connectivity index (χ0n) is 18.9. The highest BCUT2D eigenvalue weighted by Gasteiger charge is 2.26. The molecule has 0 spiro atoms. The van der Waals surface area contributed by atoms with Crippen LogP contribution in [0, 0.1) is 6.92 Å². The number of rotatable bonds is 5. The van der Waals surface area contributed by atoms with Gasteiger partial charge in [0, 0.05) is 24.7 Å². The number of para-hydroxylation sites is 2. The van der Waals surface area contributed by atoms with E-state index in [1.54, 1.807) is 24.3 Å². The lowest BCUT2D eigenvalue weighted by molar-refractivity contribution is 0.102. The number of hydrogen-bond acceptors (Lipinski definition) is 5. The molecule has 4 aromatic rings. The van der Waals surface area contributed by atoms with Crippen molar-refractivity contribution in [3.8, 4) is 5.95 Å². The Labute approximate surface area is 197 Å². The second-order valence-electron chi connectivity index (χ2n) is 8.46. The zero-order valence-corrected chi connectivity index (χ0v) is 19.7. The summed E-state index contributed by atoms with van der Waals surface area (Å²) in [6.07, 6.45) is 3.77. The van der Waals surface area contributed by atoms with Crippen LogP contribution in [0.4, 0.5) is 5.82 Å². The molecule has 176 valence electrons. The van der Waals surface area contributed by atoms with E-state index >= 15 is 0 Å². The molecule has 0 bridgehead atoms. The molecule has 1 aliphatic heterocycles. The summed E-state index contributed by atoms with van der Waals surface area (Å²) in [6.45, 7) is 2.84. The van der Waals surface area contributed by atoms with Crippen LogP contribution < -0.4 is 5.32 Å². The molecular formula is C24H26N6O3S. The first-order valence-corrected chi connectivity index (χ1v) is 12.8. The van der Waals surface area contributed by atoms with Crippen molar-refractivity contribution in [2.24, 2.45) is 0 Å². The third-order valence-electron chi connectivity index (χ3n) is 5.95. The molecule has 10 heteroatoms. The number of aromatic nitrogens is 4. The fraction of sp³-hybridized carbons (Fsp3) is 0.292. The summed E-state index contributed by atoms with van der Waals surface area (Å²) >= 11 is 0. The maximum atomic E-state index is 13.2. The summed E-state index contributed by atoms with van der Waals surface area (Å²) in [5, 5.41) is 7.31. The first kappa shape index (κ1) is 22.3. The van der Waals surface area contributed by atoms with Crippen molar-refractivity contribution in [1.82, 2.24) is 24.1 Å². The largest absolute Gasteiger partial charge is 0.322 e. The van der Waals surface area contributed by atoms with Crippen molar-refractivity contribution in [3.05, 3.63) is 65.9 Å². The first-order chi connectivity index (χ1) is 16.4. The van der Waals surface area contributed by atoms with Gasteiger partial charge in [-0.2, -0.15) is 14.1 Å². The van der Waals surface area contributed by atoms with Crippen molar-refractivity contribution >= 4 is 32.8 Å². The van der Waals surface area contributed by atoms with Crippen molar-refractivity contribution in [2.75, 3.05) is 18.4 Å². The van der Waals surface area contributed by atoms with Crippen molar-refractivity contribution in [3.63, 3.8) is 0 Å². The lowest BCUT2D eigenvalue weighted by Crippen LogP contribution is -2.32. The van der Waals surface area contributed by atoms with E-state index in [2.05, 4.69) is 20.4 Å². The number of imidazole rings is 1. The van der Waals surface area contributed by atoms with Crippen LogP contribution in [0.25, 0.3) is 17.0 Å². The smallest absolute Gasteiger partial charge is 0.256 e. The van der Waals surface area contributed by atoms with Gasteiger partial charge in [-0.05, 0) is 50.1 Å².